The highest BCUT2D eigenvalue weighted by Gasteiger charge is 2.53. The predicted octanol–water partition coefficient (Wildman–Crippen LogP) is 6.77. The third kappa shape index (κ3) is 3.17. The van der Waals surface area contributed by atoms with Gasteiger partial charge in [0.2, 0.25) is 0 Å². The zero-order valence-corrected chi connectivity index (χ0v) is 19.3. The van der Waals surface area contributed by atoms with Crippen molar-refractivity contribution in [2.24, 2.45) is 5.41 Å². The summed E-state index contributed by atoms with van der Waals surface area (Å²) in [5, 5.41) is 11.4. The normalized spacial score (nSPS) is 28.2. The third-order valence-electron chi connectivity index (χ3n) is 8.49. The number of benzene rings is 1. The molecule has 0 amide bonds. The molecule has 4 aliphatic rings. The van der Waals surface area contributed by atoms with Crippen LogP contribution in [0.1, 0.15) is 123 Å². The molecule has 170 valence electrons. The van der Waals surface area contributed by atoms with E-state index in [4.69, 9.17) is 9.72 Å². The number of halogens is 1. The van der Waals surface area contributed by atoms with E-state index in [0.29, 0.717) is 5.92 Å². The molecule has 3 aliphatic carbocycles. The Morgan fingerprint density at radius 3 is 2.38 bits per heavy atom. The lowest BCUT2D eigenvalue weighted by Gasteiger charge is -2.38. The zero-order valence-electron chi connectivity index (χ0n) is 19.3. The number of hydrogen-bond donors (Lipinski definition) is 1. The number of aliphatic hydroxyl groups excluding tert-OH is 1. The van der Waals surface area contributed by atoms with Crippen LogP contribution in [0, 0.1) is 11.2 Å². The number of rotatable bonds is 2. The van der Waals surface area contributed by atoms with Crippen molar-refractivity contribution in [3.05, 3.63) is 63.7 Å². The highest BCUT2D eigenvalue weighted by Crippen LogP contribution is 2.60. The first-order valence-corrected chi connectivity index (χ1v) is 12.6. The lowest BCUT2D eigenvalue weighted by Crippen LogP contribution is -2.32. The molecule has 6 rings (SSSR count). The third-order valence-corrected chi connectivity index (χ3v) is 8.49. The van der Waals surface area contributed by atoms with Crippen molar-refractivity contribution in [3.8, 4) is 0 Å². The quantitative estimate of drug-likeness (QED) is 0.566. The highest BCUT2D eigenvalue weighted by molar-refractivity contribution is 5.54. The van der Waals surface area contributed by atoms with Crippen LogP contribution < -0.4 is 0 Å². The van der Waals surface area contributed by atoms with E-state index in [2.05, 4.69) is 13.8 Å². The second-order valence-electron chi connectivity index (χ2n) is 11.4. The minimum Gasteiger partial charge on any atom is -0.388 e. The maximum Gasteiger partial charge on any atom is 0.123 e. The zero-order chi connectivity index (χ0) is 22.1. The van der Waals surface area contributed by atoms with Gasteiger partial charge in [0.15, 0.2) is 0 Å². The molecule has 1 aliphatic heterocycles. The summed E-state index contributed by atoms with van der Waals surface area (Å²) in [5.41, 5.74) is 6.55. The molecule has 1 aromatic heterocycles. The van der Waals surface area contributed by atoms with Crippen LogP contribution in [0.4, 0.5) is 4.39 Å². The van der Waals surface area contributed by atoms with Crippen molar-refractivity contribution < 1.29 is 14.2 Å². The van der Waals surface area contributed by atoms with Gasteiger partial charge in [-0.2, -0.15) is 0 Å². The van der Waals surface area contributed by atoms with E-state index in [1.165, 1.54) is 54.6 Å². The molecule has 2 saturated carbocycles. The fourth-order valence-corrected chi connectivity index (χ4v) is 7.12. The summed E-state index contributed by atoms with van der Waals surface area (Å²) in [5.74, 6) is 0.235. The Bertz CT molecular complexity index is 1030. The molecule has 2 aromatic rings. The minimum absolute atomic E-state index is 0.0409. The second kappa shape index (κ2) is 7.36. The second-order valence-corrected chi connectivity index (χ2v) is 11.4. The van der Waals surface area contributed by atoms with E-state index < -0.39 is 6.10 Å². The number of ether oxygens (including phenoxy) is 1. The van der Waals surface area contributed by atoms with Gasteiger partial charge in [-0.15, -0.1) is 0 Å². The predicted molar refractivity (Wildman–Crippen MR) is 122 cm³/mol. The lowest BCUT2D eigenvalue weighted by molar-refractivity contribution is -0.0580. The Morgan fingerprint density at radius 2 is 1.69 bits per heavy atom. The van der Waals surface area contributed by atoms with Gasteiger partial charge in [0, 0.05) is 22.7 Å². The maximum atomic E-state index is 13.8. The molecular formula is C28H34FNO2. The summed E-state index contributed by atoms with van der Waals surface area (Å²) in [6.45, 7) is 4.49. The molecule has 2 fully saturated rings. The van der Waals surface area contributed by atoms with Crippen LogP contribution in [0.5, 0.6) is 0 Å². The molecule has 0 saturated heterocycles. The van der Waals surface area contributed by atoms with Crippen LogP contribution in [0.25, 0.3) is 0 Å². The molecule has 32 heavy (non-hydrogen) atoms. The van der Waals surface area contributed by atoms with Crippen LogP contribution >= 0.6 is 0 Å². The molecule has 2 atom stereocenters. The van der Waals surface area contributed by atoms with E-state index in [-0.39, 0.29) is 22.9 Å². The summed E-state index contributed by atoms with van der Waals surface area (Å²) >= 11 is 0. The molecule has 4 heteroatoms. The van der Waals surface area contributed by atoms with Gasteiger partial charge in [0.1, 0.15) is 11.9 Å². The van der Waals surface area contributed by atoms with Crippen molar-refractivity contribution in [1.29, 1.82) is 0 Å². The van der Waals surface area contributed by atoms with Gasteiger partial charge >= 0.3 is 0 Å². The smallest absolute Gasteiger partial charge is 0.123 e. The van der Waals surface area contributed by atoms with Gasteiger partial charge in [0.05, 0.1) is 17.4 Å². The van der Waals surface area contributed by atoms with Crippen LogP contribution in [-0.4, -0.2) is 10.1 Å². The van der Waals surface area contributed by atoms with Crippen LogP contribution in [0.2, 0.25) is 0 Å². The molecule has 0 bridgehead atoms. The monoisotopic (exact) mass is 435 g/mol. The summed E-state index contributed by atoms with van der Waals surface area (Å²) in [6.07, 6.45) is 10.1. The topological polar surface area (TPSA) is 42.4 Å². The average molecular weight is 436 g/mol. The first kappa shape index (κ1) is 20.8. The van der Waals surface area contributed by atoms with E-state index in [1.54, 1.807) is 0 Å². The number of hydrogen-bond acceptors (Lipinski definition) is 3. The molecule has 1 N–H and O–H groups in total. The molecule has 1 spiro atoms. The largest absolute Gasteiger partial charge is 0.388 e. The molecule has 3 nitrogen and oxygen atoms in total. The molecule has 0 radical (unpaired) electrons. The first-order chi connectivity index (χ1) is 15.4. The highest BCUT2D eigenvalue weighted by atomic mass is 19.1. The van der Waals surface area contributed by atoms with E-state index in [9.17, 15) is 9.50 Å². The Hall–Kier alpha value is -1.78. The van der Waals surface area contributed by atoms with E-state index >= 15 is 0 Å². The first-order valence-electron chi connectivity index (χ1n) is 12.6. The fourth-order valence-electron chi connectivity index (χ4n) is 7.12. The van der Waals surface area contributed by atoms with Gasteiger partial charge in [-0.3, -0.25) is 4.98 Å². The van der Waals surface area contributed by atoms with Gasteiger partial charge in [-0.05, 0) is 67.2 Å². The Labute approximate surface area is 190 Å². The van der Waals surface area contributed by atoms with Gasteiger partial charge in [-0.1, -0.05) is 51.7 Å². The Morgan fingerprint density at radius 1 is 1.00 bits per heavy atom. The average Bonchev–Trinajstić information content (AvgIpc) is 3.49. The van der Waals surface area contributed by atoms with E-state index in [0.717, 1.165) is 55.3 Å². The molecule has 1 unspecified atom stereocenters. The summed E-state index contributed by atoms with van der Waals surface area (Å²) in [4.78, 5) is 5.35. The fraction of sp³-hybridized carbons (Fsp3) is 0.607. The summed E-state index contributed by atoms with van der Waals surface area (Å²) < 4.78 is 20.8. The van der Waals surface area contributed by atoms with Crippen molar-refractivity contribution in [2.45, 2.75) is 102 Å². The molecule has 2 heterocycles. The summed E-state index contributed by atoms with van der Waals surface area (Å²) in [7, 11) is 0. The standard InChI is InChI=1S/C28H34FNO2/c1-27(2)15-20-22(21(31)16-27)24-23(25(30-20)17-7-3-4-8-17)26(18-9-11-19(29)12-10-18)32-28(24)13-5-6-14-28/h9-12,17,21,26,31H,3-8,13-16H2,1-2H3/t21?,26-/m1/s1. The number of fused-ring (bicyclic) bond motifs is 4. The van der Waals surface area contributed by atoms with Crippen molar-refractivity contribution in [3.63, 3.8) is 0 Å². The summed E-state index contributed by atoms with van der Waals surface area (Å²) in [6, 6.07) is 6.82. The lowest BCUT2D eigenvalue weighted by atomic mass is 9.70. The van der Waals surface area contributed by atoms with Crippen LogP contribution in [-0.2, 0) is 16.8 Å². The van der Waals surface area contributed by atoms with Crippen LogP contribution in [0.3, 0.4) is 0 Å². The Balaban J connectivity index is 1.62. The minimum atomic E-state index is -0.499. The number of nitrogens with zero attached hydrogens (tertiary/aromatic N) is 1. The van der Waals surface area contributed by atoms with Crippen molar-refractivity contribution >= 4 is 0 Å². The van der Waals surface area contributed by atoms with Gasteiger partial charge < -0.3 is 9.84 Å². The number of pyridine rings is 1. The number of aromatic nitrogens is 1. The number of aliphatic hydroxyl groups is 1. The SMILES string of the molecule is CC1(C)Cc2nc(C3CCCC3)c3c(c2C(O)C1)C1(CCCC1)O[C@@H]3c1ccc(F)cc1. The maximum absolute atomic E-state index is 13.8. The molecule has 1 aromatic carbocycles. The van der Waals surface area contributed by atoms with Crippen molar-refractivity contribution in [2.75, 3.05) is 0 Å². The Kier molecular flexibility index (Phi) is 4.79. The van der Waals surface area contributed by atoms with Gasteiger partial charge in [-0.25, -0.2) is 4.39 Å². The van der Waals surface area contributed by atoms with E-state index in [1.807, 2.05) is 12.1 Å². The van der Waals surface area contributed by atoms with Crippen LogP contribution in [0.15, 0.2) is 24.3 Å². The molecular weight excluding hydrogens is 401 g/mol. The van der Waals surface area contributed by atoms with Gasteiger partial charge in [0.25, 0.3) is 0 Å². The van der Waals surface area contributed by atoms with Crippen molar-refractivity contribution in [1.82, 2.24) is 4.98 Å².